The average Bonchev–Trinajstić information content (AvgIpc) is 2.25. The molecule has 0 atom stereocenters. The molecule has 1 aromatic heterocycles. The summed E-state index contributed by atoms with van der Waals surface area (Å²) in [5.41, 5.74) is 2.84. The van der Waals surface area contributed by atoms with E-state index >= 15 is 0 Å². The molecule has 3 nitrogen and oxygen atoms in total. The third-order valence-corrected chi connectivity index (χ3v) is 2.72. The fourth-order valence-corrected chi connectivity index (χ4v) is 1.87. The van der Waals surface area contributed by atoms with Crippen LogP contribution in [0.5, 0.6) is 0 Å². The first kappa shape index (κ1) is 9.77. The van der Waals surface area contributed by atoms with Gasteiger partial charge in [0.1, 0.15) is 0 Å². The predicted octanol–water partition coefficient (Wildman–Crippen LogP) is 1.89. The highest BCUT2D eigenvalue weighted by atomic mass is 16.1. The van der Waals surface area contributed by atoms with Gasteiger partial charge in [-0.1, -0.05) is 6.07 Å². The van der Waals surface area contributed by atoms with E-state index in [1.165, 1.54) is 0 Å². The third-order valence-electron chi connectivity index (χ3n) is 2.72. The van der Waals surface area contributed by atoms with E-state index in [0.29, 0.717) is 0 Å². The van der Waals surface area contributed by atoms with Gasteiger partial charge in [-0.15, -0.1) is 0 Å². The molecule has 2 rings (SSSR count). The topological polar surface area (TPSA) is 34.0 Å². The largest absolute Gasteiger partial charge is 0.388 e. The van der Waals surface area contributed by atoms with E-state index in [1.54, 1.807) is 11.6 Å². The Morgan fingerprint density at radius 1 is 1.33 bits per heavy atom. The van der Waals surface area contributed by atoms with Crippen molar-refractivity contribution in [2.45, 2.75) is 6.92 Å². The predicted molar refractivity (Wildman–Crippen MR) is 63.5 cm³/mol. The fraction of sp³-hybridized carbons (Fsp3) is 0.250. The number of hydrogen-bond donors (Lipinski definition) is 1. The monoisotopic (exact) mass is 202 g/mol. The molecule has 0 aliphatic rings. The van der Waals surface area contributed by atoms with Gasteiger partial charge in [-0.3, -0.25) is 4.79 Å². The van der Waals surface area contributed by atoms with Gasteiger partial charge < -0.3 is 9.88 Å². The summed E-state index contributed by atoms with van der Waals surface area (Å²) >= 11 is 0. The molecule has 1 aromatic carbocycles. The Morgan fingerprint density at radius 2 is 2.07 bits per heavy atom. The van der Waals surface area contributed by atoms with Crippen molar-refractivity contribution in [2.75, 3.05) is 12.4 Å². The van der Waals surface area contributed by atoms with E-state index in [0.717, 1.165) is 22.2 Å². The van der Waals surface area contributed by atoms with Crippen LogP contribution in [0.1, 0.15) is 5.56 Å². The molecular formula is C12H14N2O. The summed E-state index contributed by atoms with van der Waals surface area (Å²) in [6, 6.07) is 7.84. The van der Waals surface area contributed by atoms with Crippen LogP contribution in [0.2, 0.25) is 0 Å². The van der Waals surface area contributed by atoms with Gasteiger partial charge in [0.25, 0.3) is 5.56 Å². The maximum Gasteiger partial charge on any atom is 0.253 e. The molecule has 0 spiro atoms. The summed E-state index contributed by atoms with van der Waals surface area (Å²) in [4.78, 5) is 11.7. The van der Waals surface area contributed by atoms with Crippen LogP contribution < -0.4 is 10.9 Å². The maximum absolute atomic E-state index is 11.7. The number of fused-ring (bicyclic) bond motifs is 1. The summed E-state index contributed by atoms with van der Waals surface area (Å²) in [5.74, 6) is 0. The maximum atomic E-state index is 11.7. The Bertz CT molecular complexity index is 570. The van der Waals surface area contributed by atoms with E-state index in [4.69, 9.17) is 0 Å². The van der Waals surface area contributed by atoms with Crippen LogP contribution in [0, 0.1) is 6.92 Å². The fourth-order valence-electron chi connectivity index (χ4n) is 1.87. The summed E-state index contributed by atoms with van der Waals surface area (Å²) in [6.07, 6.45) is 0. The average molecular weight is 202 g/mol. The smallest absolute Gasteiger partial charge is 0.253 e. The van der Waals surface area contributed by atoms with E-state index < -0.39 is 0 Å². The van der Waals surface area contributed by atoms with Gasteiger partial charge in [0.15, 0.2) is 0 Å². The van der Waals surface area contributed by atoms with Gasteiger partial charge in [-0.05, 0) is 25.1 Å². The van der Waals surface area contributed by atoms with E-state index in [1.807, 2.05) is 38.2 Å². The molecule has 3 heteroatoms. The van der Waals surface area contributed by atoms with Gasteiger partial charge in [0.05, 0.1) is 5.52 Å². The lowest BCUT2D eigenvalue weighted by atomic mass is 10.1. The lowest BCUT2D eigenvalue weighted by Crippen LogP contribution is -2.19. The van der Waals surface area contributed by atoms with E-state index in [-0.39, 0.29) is 5.56 Å². The van der Waals surface area contributed by atoms with Crippen LogP contribution in [0.25, 0.3) is 10.9 Å². The number of aryl methyl sites for hydroxylation is 2. The van der Waals surface area contributed by atoms with Crippen LogP contribution in [0.15, 0.2) is 29.1 Å². The molecule has 0 saturated heterocycles. The van der Waals surface area contributed by atoms with Crippen molar-refractivity contribution in [3.8, 4) is 0 Å². The molecule has 0 bridgehead atoms. The second-order valence-corrected chi connectivity index (χ2v) is 3.68. The van der Waals surface area contributed by atoms with Gasteiger partial charge in [0, 0.05) is 30.7 Å². The van der Waals surface area contributed by atoms with Crippen molar-refractivity contribution in [1.29, 1.82) is 0 Å². The van der Waals surface area contributed by atoms with E-state index in [2.05, 4.69) is 5.32 Å². The van der Waals surface area contributed by atoms with Crippen molar-refractivity contribution >= 4 is 16.6 Å². The number of benzene rings is 1. The zero-order valence-corrected chi connectivity index (χ0v) is 9.16. The van der Waals surface area contributed by atoms with Crippen LogP contribution >= 0.6 is 0 Å². The number of aromatic nitrogens is 1. The molecule has 2 aromatic rings. The number of rotatable bonds is 1. The molecule has 0 aliphatic carbocycles. The minimum absolute atomic E-state index is 0.0655. The van der Waals surface area contributed by atoms with Crippen molar-refractivity contribution in [3.05, 3.63) is 40.2 Å². The second kappa shape index (κ2) is 3.42. The first-order valence-electron chi connectivity index (χ1n) is 4.92. The number of anilines is 1. The molecule has 78 valence electrons. The summed E-state index contributed by atoms with van der Waals surface area (Å²) in [6.45, 7) is 1.84. The molecule has 0 amide bonds. The van der Waals surface area contributed by atoms with Crippen molar-refractivity contribution in [3.63, 3.8) is 0 Å². The SMILES string of the molecule is CNc1cccc2c1cc(C)c(=O)n2C. The van der Waals surface area contributed by atoms with Crippen LogP contribution in [-0.2, 0) is 7.05 Å². The number of pyridine rings is 1. The highest BCUT2D eigenvalue weighted by molar-refractivity contribution is 5.91. The molecule has 0 aliphatic heterocycles. The summed E-state index contributed by atoms with van der Waals surface area (Å²) in [7, 11) is 3.69. The molecular weight excluding hydrogens is 188 g/mol. The minimum atomic E-state index is 0.0655. The van der Waals surface area contributed by atoms with E-state index in [9.17, 15) is 4.79 Å². The van der Waals surface area contributed by atoms with Gasteiger partial charge in [-0.25, -0.2) is 0 Å². The Morgan fingerprint density at radius 3 is 2.73 bits per heavy atom. The zero-order chi connectivity index (χ0) is 11.0. The molecule has 0 unspecified atom stereocenters. The molecule has 1 heterocycles. The lowest BCUT2D eigenvalue weighted by molar-refractivity contribution is 0.893. The first-order chi connectivity index (χ1) is 7.15. The highest BCUT2D eigenvalue weighted by Gasteiger charge is 2.05. The zero-order valence-electron chi connectivity index (χ0n) is 9.16. The van der Waals surface area contributed by atoms with Gasteiger partial charge in [0.2, 0.25) is 0 Å². The van der Waals surface area contributed by atoms with Gasteiger partial charge >= 0.3 is 0 Å². The van der Waals surface area contributed by atoms with Crippen LogP contribution in [0.3, 0.4) is 0 Å². The van der Waals surface area contributed by atoms with Crippen molar-refractivity contribution < 1.29 is 0 Å². The quantitative estimate of drug-likeness (QED) is 0.766. The number of nitrogens with one attached hydrogen (secondary N) is 1. The third kappa shape index (κ3) is 1.40. The molecule has 1 N–H and O–H groups in total. The molecule has 15 heavy (non-hydrogen) atoms. The number of hydrogen-bond acceptors (Lipinski definition) is 2. The first-order valence-corrected chi connectivity index (χ1v) is 4.92. The Labute approximate surface area is 88.3 Å². The van der Waals surface area contributed by atoms with Crippen molar-refractivity contribution in [2.24, 2.45) is 7.05 Å². The second-order valence-electron chi connectivity index (χ2n) is 3.68. The lowest BCUT2D eigenvalue weighted by Gasteiger charge is -2.10. The van der Waals surface area contributed by atoms with Crippen LogP contribution in [-0.4, -0.2) is 11.6 Å². The summed E-state index contributed by atoms with van der Waals surface area (Å²) in [5, 5.41) is 4.21. The number of nitrogens with zero attached hydrogens (tertiary/aromatic N) is 1. The Balaban J connectivity index is 2.98. The van der Waals surface area contributed by atoms with Crippen molar-refractivity contribution in [1.82, 2.24) is 4.57 Å². The molecule has 0 saturated carbocycles. The summed E-state index contributed by atoms with van der Waals surface area (Å²) < 4.78 is 1.69. The molecule has 0 fully saturated rings. The van der Waals surface area contributed by atoms with Crippen LogP contribution in [0.4, 0.5) is 5.69 Å². The van der Waals surface area contributed by atoms with Gasteiger partial charge in [-0.2, -0.15) is 0 Å². The minimum Gasteiger partial charge on any atom is -0.388 e. The standard InChI is InChI=1S/C12H14N2O/c1-8-7-9-10(13-2)5-4-6-11(9)14(3)12(8)15/h4-7,13H,1-3H3. The normalized spacial score (nSPS) is 10.6. The Kier molecular flexibility index (Phi) is 2.23. The molecule has 0 radical (unpaired) electrons. The highest BCUT2D eigenvalue weighted by Crippen LogP contribution is 2.21. The Hall–Kier alpha value is -1.77.